The second-order valence-corrected chi connectivity index (χ2v) is 5.94. The Balaban J connectivity index is 1.71. The van der Waals surface area contributed by atoms with Gasteiger partial charge in [-0.3, -0.25) is 14.4 Å². The van der Waals surface area contributed by atoms with Gasteiger partial charge in [0, 0.05) is 22.7 Å². The van der Waals surface area contributed by atoms with Gasteiger partial charge in [0.05, 0.1) is 6.42 Å². The molecule has 5 nitrogen and oxygen atoms in total. The van der Waals surface area contributed by atoms with E-state index in [4.69, 9.17) is 16.3 Å². The van der Waals surface area contributed by atoms with Gasteiger partial charge in [0.1, 0.15) is 0 Å². The average molecular weight is 360 g/mol. The molecule has 1 N–H and O–H groups in total. The Morgan fingerprint density at radius 3 is 2.24 bits per heavy atom. The van der Waals surface area contributed by atoms with Gasteiger partial charge in [-0.25, -0.2) is 0 Å². The van der Waals surface area contributed by atoms with Crippen LogP contribution in [0.15, 0.2) is 48.5 Å². The van der Waals surface area contributed by atoms with Crippen molar-refractivity contribution in [2.75, 3.05) is 11.9 Å². The topological polar surface area (TPSA) is 72.5 Å². The van der Waals surface area contributed by atoms with Crippen molar-refractivity contribution in [3.05, 3.63) is 64.7 Å². The quantitative estimate of drug-likeness (QED) is 0.603. The summed E-state index contributed by atoms with van der Waals surface area (Å²) in [4.78, 5) is 35.3. The molecule has 0 aliphatic rings. The summed E-state index contributed by atoms with van der Waals surface area (Å²) in [5.41, 5.74) is 2.19. The minimum atomic E-state index is -0.596. The van der Waals surface area contributed by atoms with Crippen LogP contribution in [0.5, 0.6) is 0 Å². The summed E-state index contributed by atoms with van der Waals surface area (Å²) in [6.45, 7) is 1.56. The van der Waals surface area contributed by atoms with Crippen LogP contribution in [-0.4, -0.2) is 24.3 Å². The molecule has 0 fully saturated rings. The molecule has 6 heteroatoms. The fourth-order valence-electron chi connectivity index (χ4n) is 2.05. The number of esters is 1. The second-order valence-electron chi connectivity index (χ2n) is 5.50. The van der Waals surface area contributed by atoms with E-state index in [-0.39, 0.29) is 25.2 Å². The van der Waals surface area contributed by atoms with E-state index >= 15 is 0 Å². The van der Waals surface area contributed by atoms with Crippen molar-refractivity contribution in [2.24, 2.45) is 0 Å². The Kier molecular flexibility index (Phi) is 6.71. The highest BCUT2D eigenvalue weighted by atomic mass is 35.5. The van der Waals surface area contributed by atoms with Crippen molar-refractivity contribution < 1.29 is 19.1 Å². The number of ether oxygens (including phenoxy) is 1. The van der Waals surface area contributed by atoms with Gasteiger partial charge in [0.15, 0.2) is 12.4 Å². The molecule has 0 aromatic heterocycles. The maximum Gasteiger partial charge on any atom is 0.306 e. The maximum atomic E-state index is 11.9. The molecule has 2 aromatic rings. The van der Waals surface area contributed by atoms with E-state index in [1.54, 1.807) is 36.4 Å². The lowest BCUT2D eigenvalue weighted by atomic mass is 10.1. The number of ketones is 1. The Labute approximate surface area is 150 Å². The van der Waals surface area contributed by atoms with Crippen LogP contribution < -0.4 is 5.32 Å². The second kappa shape index (κ2) is 8.99. The predicted octanol–water partition coefficient (Wildman–Crippen LogP) is 3.79. The Morgan fingerprint density at radius 1 is 0.960 bits per heavy atom. The van der Waals surface area contributed by atoms with E-state index in [1.165, 1.54) is 0 Å². The van der Waals surface area contributed by atoms with Crippen molar-refractivity contribution in [3.63, 3.8) is 0 Å². The lowest BCUT2D eigenvalue weighted by Crippen LogP contribution is -2.21. The summed E-state index contributed by atoms with van der Waals surface area (Å²) in [6.07, 6.45) is -0.0701. The standard InChI is InChI=1S/C19H18ClNO4/c1-13-2-8-16(9-3-13)21-18(23)12-25-19(24)11-10-17(22)14-4-6-15(20)7-5-14/h2-9H,10-12H2,1H3,(H,21,23). The number of carbonyl (C=O) groups excluding carboxylic acids is 3. The molecule has 0 bridgehead atoms. The number of hydrogen-bond donors (Lipinski definition) is 1. The molecule has 130 valence electrons. The highest BCUT2D eigenvalue weighted by molar-refractivity contribution is 6.30. The Morgan fingerprint density at radius 2 is 1.60 bits per heavy atom. The van der Waals surface area contributed by atoms with E-state index in [0.29, 0.717) is 16.3 Å². The number of nitrogens with one attached hydrogen (secondary N) is 1. The van der Waals surface area contributed by atoms with Crippen LogP contribution in [-0.2, 0) is 14.3 Å². The van der Waals surface area contributed by atoms with E-state index in [1.807, 2.05) is 19.1 Å². The highest BCUT2D eigenvalue weighted by Gasteiger charge is 2.12. The molecule has 0 aliphatic heterocycles. The lowest BCUT2D eigenvalue weighted by Gasteiger charge is -2.07. The molecule has 25 heavy (non-hydrogen) atoms. The molecule has 2 rings (SSSR count). The molecule has 0 unspecified atom stereocenters. The van der Waals surface area contributed by atoms with Gasteiger partial charge in [-0.1, -0.05) is 29.3 Å². The number of rotatable bonds is 7. The zero-order valence-electron chi connectivity index (χ0n) is 13.8. The molecule has 2 aromatic carbocycles. The normalized spacial score (nSPS) is 10.2. The van der Waals surface area contributed by atoms with Gasteiger partial charge >= 0.3 is 5.97 Å². The minimum absolute atomic E-state index is 0.0139. The van der Waals surface area contributed by atoms with Gasteiger partial charge in [0.25, 0.3) is 5.91 Å². The predicted molar refractivity (Wildman–Crippen MR) is 95.8 cm³/mol. The molecular formula is C19H18ClNO4. The molecule has 0 aliphatic carbocycles. The molecule has 0 spiro atoms. The van der Waals surface area contributed by atoms with Crippen LogP contribution in [0.25, 0.3) is 0 Å². The van der Waals surface area contributed by atoms with Crippen molar-refractivity contribution in [1.82, 2.24) is 0 Å². The SMILES string of the molecule is Cc1ccc(NC(=O)COC(=O)CCC(=O)c2ccc(Cl)cc2)cc1. The first kappa shape index (κ1) is 18.7. The molecule has 0 atom stereocenters. The molecule has 0 heterocycles. The molecule has 0 saturated heterocycles. The van der Waals surface area contributed by atoms with Gasteiger partial charge in [-0.2, -0.15) is 0 Å². The van der Waals surface area contributed by atoms with Crippen LogP contribution in [0.1, 0.15) is 28.8 Å². The first-order valence-electron chi connectivity index (χ1n) is 7.75. The van der Waals surface area contributed by atoms with E-state index in [9.17, 15) is 14.4 Å². The molecule has 0 saturated carbocycles. The summed E-state index contributed by atoms with van der Waals surface area (Å²) >= 11 is 5.76. The van der Waals surface area contributed by atoms with Crippen molar-refractivity contribution in [2.45, 2.75) is 19.8 Å². The smallest absolute Gasteiger partial charge is 0.306 e. The zero-order chi connectivity index (χ0) is 18.2. The number of benzene rings is 2. The third-order valence-corrected chi connectivity index (χ3v) is 3.67. The number of hydrogen-bond acceptors (Lipinski definition) is 4. The number of aryl methyl sites for hydroxylation is 1. The first-order chi connectivity index (χ1) is 11.9. The van der Waals surface area contributed by atoms with Gasteiger partial charge < -0.3 is 10.1 Å². The van der Waals surface area contributed by atoms with Crippen LogP contribution in [0.2, 0.25) is 5.02 Å². The molecule has 0 radical (unpaired) electrons. The van der Waals surface area contributed by atoms with Crippen LogP contribution in [0.4, 0.5) is 5.69 Å². The van der Waals surface area contributed by atoms with E-state index < -0.39 is 11.9 Å². The van der Waals surface area contributed by atoms with Crippen molar-refractivity contribution >= 4 is 34.9 Å². The number of carbonyl (C=O) groups is 3. The third kappa shape index (κ3) is 6.39. The average Bonchev–Trinajstić information content (AvgIpc) is 2.60. The summed E-state index contributed by atoms with van der Waals surface area (Å²) in [6, 6.07) is 13.7. The van der Waals surface area contributed by atoms with Gasteiger partial charge in [-0.15, -0.1) is 0 Å². The molecular weight excluding hydrogens is 342 g/mol. The summed E-state index contributed by atoms with van der Waals surface area (Å²) < 4.78 is 4.88. The number of amides is 1. The van der Waals surface area contributed by atoms with E-state index in [0.717, 1.165) is 5.56 Å². The third-order valence-electron chi connectivity index (χ3n) is 3.42. The van der Waals surface area contributed by atoms with Gasteiger partial charge in [-0.05, 0) is 43.3 Å². The lowest BCUT2D eigenvalue weighted by molar-refractivity contribution is -0.147. The monoisotopic (exact) mass is 359 g/mol. The zero-order valence-corrected chi connectivity index (χ0v) is 14.5. The van der Waals surface area contributed by atoms with Crippen LogP contribution in [0, 0.1) is 6.92 Å². The fraction of sp³-hybridized carbons (Fsp3) is 0.211. The Hall–Kier alpha value is -2.66. The van der Waals surface area contributed by atoms with E-state index in [2.05, 4.69) is 5.32 Å². The van der Waals surface area contributed by atoms with Crippen molar-refractivity contribution in [1.29, 1.82) is 0 Å². The highest BCUT2D eigenvalue weighted by Crippen LogP contribution is 2.12. The number of Topliss-reactive ketones (excluding diaryl/α,β-unsaturated/α-hetero) is 1. The Bertz CT molecular complexity index is 754. The molecule has 1 amide bonds. The van der Waals surface area contributed by atoms with Crippen molar-refractivity contribution in [3.8, 4) is 0 Å². The summed E-state index contributed by atoms with van der Waals surface area (Å²) in [7, 11) is 0. The number of anilines is 1. The number of halogens is 1. The summed E-state index contributed by atoms with van der Waals surface area (Å²) in [5, 5.41) is 3.16. The van der Waals surface area contributed by atoms with Crippen LogP contribution in [0.3, 0.4) is 0 Å². The maximum absolute atomic E-state index is 11.9. The summed E-state index contributed by atoms with van der Waals surface area (Å²) in [5.74, 6) is -1.21. The largest absolute Gasteiger partial charge is 0.456 e. The minimum Gasteiger partial charge on any atom is -0.456 e. The fourth-order valence-corrected chi connectivity index (χ4v) is 2.17. The van der Waals surface area contributed by atoms with Gasteiger partial charge in [0.2, 0.25) is 0 Å². The first-order valence-corrected chi connectivity index (χ1v) is 8.13. The van der Waals surface area contributed by atoms with Crippen LogP contribution >= 0.6 is 11.6 Å².